The summed E-state index contributed by atoms with van der Waals surface area (Å²) < 4.78 is 10.8. The van der Waals surface area contributed by atoms with Crippen molar-refractivity contribution in [3.8, 4) is 11.5 Å². The van der Waals surface area contributed by atoms with Crippen LogP contribution in [0.4, 0.5) is 0 Å². The number of carbonyl (C=O) groups excluding carboxylic acids is 1. The number of piperazine rings is 1. The number of hydrogen-bond acceptors (Lipinski definition) is 5. The van der Waals surface area contributed by atoms with Gasteiger partial charge in [-0.1, -0.05) is 18.2 Å². The fourth-order valence-electron chi connectivity index (χ4n) is 3.62. The Morgan fingerprint density at radius 1 is 1.00 bits per heavy atom. The summed E-state index contributed by atoms with van der Waals surface area (Å²) in [7, 11) is 3.13. The number of ether oxygens (including phenoxy) is 2. The van der Waals surface area contributed by atoms with Gasteiger partial charge in [0.05, 0.1) is 31.8 Å². The summed E-state index contributed by atoms with van der Waals surface area (Å²) in [6.45, 7) is 3.63. The Balaban J connectivity index is 1.42. The van der Waals surface area contributed by atoms with Gasteiger partial charge in [-0.05, 0) is 24.3 Å². The van der Waals surface area contributed by atoms with E-state index in [0.29, 0.717) is 30.2 Å². The van der Waals surface area contributed by atoms with Crippen LogP contribution in [0.5, 0.6) is 11.5 Å². The summed E-state index contributed by atoms with van der Waals surface area (Å²) in [5, 5.41) is 0. The molecule has 0 atom stereocenters. The zero-order valence-corrected chi connectivity index (χ0v) is 16.1. The van der Waals surface area contributed by atoms with E-state index in [4.69, 9.17) is 9.47 Å². The van der Waals surface area contributed by atoms with Gasteiger partial charge in [0.2, 0.25) is 0 Å². The first-order valence-corrected chi connectivity index (χ1v) is 9.36. The average molecular weight is 380 g/mol. The van der Waals surface area contributed by atoms with Crippen molar-refractivity contribution in [1.29, 1.82) is 0 Å². The molecule has 0 bridgehead atoms. The van der Waals surface area contributed by atoms with Crippen molar-refractivity contribution in [1.82, 2.24) is 19.8 Å². The number of imidazole rings is 1. The molecule has 3 aromatic rings. The number of aromatic amines is 1. The largest absolute Gasteiger partial charge is 0.496 e. The zero-order valence-electron chi connectivity index (χ0n) is 16.1. The molecule has 1 aromatic heterocycles. The maximum Gasteiger partial charge on any atom is 0.261 e. The highest BCUT2D eigenvalue weighted by Crippen LogP contribution is 2.30. The Labute approximate surface area is 163 Å². The van der Waals surface area contributed by atoms with E-state index in [-0.39, 0.29) is 5.91 Å². The molecule has 7 heteroatoms. The number of rotatable bonds is 5. The molecule has 28 heavy (non-hydrogen) atoms. The molecule has 146 valence electrons. The van der Waals surface area contributed by atoms with Gasteiger partial charge in [-0.15, -0.1) is 0 Å². The molecule has 1 amide bonds. The van der Waals surface area contributed by atoms with Crippen molar-refractivity contribution >= 4 is 16.9 Å². The minimum atomic E-state index is -0.0577. The molecular formula is C21H24N4O3. The van der Waals surface area contributed by atoms with Crippen LogP contribution in [0.25, 0.3) is 11.0 Å². The highest BCUT2D eigenvalue weighted by Gasteiger charge is 2.27. The fraction of sp³-hybridized carbons (Fsp3) is 0.333. The van der Waals surface area contributed by atoms with Gasteiger partial charge in [-0.25, -0.2) is 4.98 Å². The quantitative estimate of drug-likeness (QED) is 0.737. The molecule has 1 N–H and O–H groups in total. The summed E-state index contributed by atoms with van der Waals surface area (Å²) in [5.41, 5.74) is 2.52. The summed E-state index contributed by atoms with van der Waals surface area (Å²) in [4.78, 5) is 25.2. The molecule has 1 aliphatic rings. The predicted octanol–water partition coefficient (Wildman–Crippen LogP) is 2.54. The van der Waals surface area contributed by atoms with Gasteiger partial charge in [-0.2, -0.15) is 0 Å². The minimum absolute atomic E-state index is 0.0577. The van der Waals surface area contributed by atoms with E-state index in [1.807, 2.05) is 35.2 Å². The van der Waals surface area contributed by atoms with Gasteiger partial charge < -0.3 is 19.4 Å². The van der Waals surface area contributed by atoms with Crippen molar-refractivity contribution in [2.75, 3.05) is 40.4 Å². The Kier molecular flexibility index (Phi) is 5.16. The number of hydrogen-bond donors (Lipinski definition) is 1. The Morgan fingerprint density at radius 2 is 1.68 bits per heavy atom. The number of carbonyl (C=O) groups is 1. The Bertz CT molecular complexity index is 921. The lowest BCUT2D eigenvalue weighted by Crippen LogP contribution is -2.48. The number of methoxy groups -OCH3 is 2. The van der Waals surface area contributed by atoms with Crippen molar-refractivity contribution in [3.05, 3.63) is 53.9 Å². The van der Waals surface area contributed by atoms with Crippen LogP contribution in [-0.2, 0) is 6.54 Å². The van der Waals surface area contributed by atoms with Crippen LogP contribution in [0.3, 0.4) is 0 Å². The number of amides is 1. The van der Waals surface area contributed by atoms with Crippen molar-refractivity contribution < 1.29 is 14.3 Å². The third-order valence-electron chi connectivity index (χ3n) is 5.11. The topological polar surface area (TPSA) is 70.7 Å². The Morgan fingerprint density at radius 3 is 2.32 bits per heavy atom. The van der Waals surface area contributed by atoms with Gasteiger partial charge in [0, 0.05) is 26.2 Å². The molecule has 1 saturated heterocycles. The normalized spacial score (nSPS) is 15.0. The number of benzene rings is 2. The lowest BCUT2D eigenvalue weighted by Gasteiger charge is -2.34. The SMILES string of the molecule is COc1cccc(OC)c1C(=O)N1CCN(Cc2nc3ccccc3[nH]2)CC1. The molecule has 7 nitrogen and oxygen atoms in total. The van der Waals surface area contributed by atoms with E-state index >= 15 is 0 Å². The van der Waals surface area contributed by atoms with Crippen LogP contribution in [0.2, 0.25) is 0 Å². The molecule has 0 radical (unpaired) electrons. The predicted molar refractivity (Wildman–Crippen MR) is 107 cm³/mol. The van der Waals surface area contributed by atoms with Gasteiger partial charge in [0.25, 0.3) is 5.91 Å². The molecule has 2 aromatic carbocycles. The standard InChI is InChI=1S/C21H24N4O3/c1-27-17-8-5-9-18(28-2)20(17)21(26)25-12-10-24(11-13-25)14-19-22-15-6-3-4-7-16(15)23-19/h3-9H,10-14H2,1-2H3,(H,22,23). The second-order valence-electron chi connectivity index (χ2n) is 6.81. The van der Waals surface area contributed by atoms with Crippen LogP contribution < -0.4 is 9.47 Å². The van der Waals surface area contributed by atoms with Crippen molar-refractivity contribution in [3.63, 3.8) is 0 Å². The maximum atomic E-state index is 13.1. The number of fused-ring (bicyclic) bond motifs is 1. The maximum absolute atomic E-state index is 13.1. The highest BCUT2D eigenvalue weighted by atomic mass is 16.5. The van der Waals surface area contributed by atoms with E-state index < -0.39 is 0 Å². The molecule has 1 aliphatic heterocycles. The van der Waals surface area contributed by atoms with Gasteiger partial charge in [0.1, 0.15) is 22.9 Å². The van der Waals surface area contributed by atoms with Crippen LogP contribution >= 0.6 is 0 Å². The number of nitrogens with zero attached hydrogens (tertiary/aromatic N) is 3. The smallest absolute Gasteiger partial charge is 0.261 e. The van der Waals surface area contributed by atoms with Crippen LogP contribution in [0, 0.1) is 0 Å². The molecule has 0 unspecified atom stereocenters. The first kappa shape index (κ1) is 18.3. The second kappa shape index (κ2) is 7.90. The van der Waals surface area contributed by atoms with E-state index in [0.717, 1.165) is 36.5 Å². The fourth-order valence-corrected chi connectivity index (χ4v) is 3.62. The Hall–Kier alpha value is -3.06. The van der Waals surface area contributed by atoms with Crippen LogP contribution in [0.1, 0.15) is 16.2 Å². The molecule has 4 rings (SSSR count). The molecular weight excluding hydrogens is 356 g/mol. The van der Waals surface area contributed by atoms with E-state index in [1.165, 1.54) is 0 Å². The molecule has 0 aliphatic carbocycles. The zero-order chi connectivity index (χ0) is 19.5. The van der Waals surface area contributed by atoms with Gasteiger partial charge in [-0.3, -0.25) is 9.69 Å². The van der Waals surface area contributed by atoms with E-state index in [2.05, 4.69) is 14.9 Å². The molecule has 1 fully saturated rings. The van der Waals surface area contributed by atoms with Gasteiger partial charge >= 0.3 is 0 Å². The van der Waals surface area contributed by atoms with E-state index in [9.17, 15) is 4.79 Å². The van der Waals surface area contributed by atoms with Crippen molar-refractivity contribution in [2.24, 2.45) is 0 Å². The summed E-state index contributed by atoms with van der Waals surface area (Å²) >= 11 is 0. The third kappa shape index (κ3) is 3.53. The lowest BCUT2D eigenvalue weighted by atomic mass is 10.1. The lowest BCUT2D eigenvalue weighted by molar-refractivity contribution is 0.0619. The summed E-state index contributed by atoms with van der Waals surface area (Å²) in [6.07, 6.45) is 0. The van der Waals surface area contributed by atoms with Crippen LogP contribution in [-0.4, -0.2) is 66.1 Å². The van der Waals surface area contributed by atoms with Crippen LogP contribution in [0.15, 0.2) is 42.5 Å². The number of para-hydroxylation sites is 2. The molecule has 2 heterocycles. The third-order valence-corrected chi connectivity index (χ3v) is 5.11. The monoisotopic (exact) mass is 380 g/mol. The number of H-pyrrole nitrogens is 1. The summed E-state index contributed by atoms with van der Waals surface area (Å²) in [6, 6.07) is 13.4. The highest BCUT2D eigenvalue weighted by molar-refractivity contribution is 5.99. The molecule has 0 spiro atoms. The van der Waals surface area contributed by atoms with E-state index in [1.54, 1.807) is 26.4 Å². The average Bonchev–Trinajstić information content (AvgIpc) is 3.15. The first-order chi connectivity index (χ1) is 13.7. The summed E-state index contributed by atoms with van der Waals surface area (Å²) in [5.74, 6) is 1.97. The number of nitrogens with one attached hydrogen (secondary N) is 1. The number of aromatic nitrogens is 2. The first-order valence-electron chi connectivity index (χ1n) is 9.36. The van der Waals surface area contributed by atoms with Crippen molar-refractivity contribution in [2.45, 2.75) is 6.54 Å². The van der Waals surface area contributed by atoms with Gasteiger partial charge in [0.15, 0.2) is 0 Å². The molecule has 0 saturated carbocycles. The minimum Gasteiger partial charge on any atom is -0.496 e. The second-order valence-corrected chi connectivity index (χ2v) is 6.81.